The standard InChI is InChI=1S/C26H23N5O5/c1-16(32)27-15-23(33)30(2)19-10-8-18(9-11-19)28-25(17-6-4-3-5-7-17)24-21-14-20(31(35)36)12-13-22(21)29-26(24)34/h3-14,28H,15H2,1-2H3,(H,27,32)(H,29,34)/b25-24-. The average Bonchev–Trinajstić information content (AvgIpc) is 3.20. The molecule has 4 rings (SSSR count). The minimum atomic E-state index is -0.501. The van der Waals surface area contributed by atoms with Gasteiger partial charge in [0.15, 0.2) is 0 Å². The molecule has 10 nitrogen and oxygen atoms in total. The number of benzene rings is 3. The summed E-state index contributed by atoms with van der Waals surface area (Å²) in [5.74, 6) is -0.948. The molecule has 0 spiro atoms. The number of anilines is 3. The molecule has 3 aromatic carbocycles. The van der Waals surface area contributed by atoms with Crippen LogP contribution in [-0.2, 0) is 14.4 Å². The van der Waals surface area contributed by atoms with Gasteiger partial charge in [0.1, 0.15) is 0 Å². The second-order valence-corrected chi connectivity index (χ2v) is 8.09. The molecule has 3 aromatic rings. The number of likely N-dealkylation sites (N-methyl/N-ethyl adjacent to an activating group) is 1. The Hall–Kier alpha value is -4.99. The summed E-state index contributed by atoms with van der Waals surface area (Å²) in [6.45, 7) is 1.23. The Morgan fingerprint density at radius 2 is 1.72 bits per heavy atom. The van der Waals surface area contributed by atoms with E-state index in [1.807, 2.05) is 30.3 Å². The number of amides is 3. The van der Waals surface area contributed by atoms with Gasteiger partial charge in [-0.25, -0.2) is 0 Å². The molecule has 1 aliphatic heterocycles. The number of nitro benzene ring substituents is 1. The van der Waals surface area contributed by atoms with Crippen LogP contribution in [0.2, 0.25) is 0 Å². The van der Waals surface area contributed by atoms with E-state index < -0.39 is 4.92 Å². The van der Waals surface area contributed by atoms with Crippen molar-refractivity contribution in [2.24, 2.45) is 0 Å². The third-order valence-electron chi connectivity index (χ3n) is 5.66. The highest BCUT2D eigenvalue weighted by molar-refractivity contribution is 6.37. The third kappa shape index (κ3) is 5.07. The number of non-ortho nitro benzene ring substituents is 1. The van der Waals surface area contributed by atoms with Crippen molar-refractivity contribution in [2.45, 2.75) is 6.92 Å². The Balaban J connectivity index is 1.70. The van der Waals surface area contributed by atoms with E-state index in [2.05, 4.69) is 16.0 Å². The van der Waals surface area contributed by atoms with Crippen molar-refractivity contribution in [1.29, 1.82) is 0 Å². The summed E-state index contributed by atoms with van der Waals surface area (Å²) in [5, 5.41) is 19.9. The van der Waals surface area contributed by atoms with Crippen molar-refractivity contribution in [2.75, 3.05) is 29.1 Å². The lowest BCUT2D eigenvalue weighted by Gasteiger charge is -2.19. The SMILES string of the molecule is CC(=O)NCC(=O)N(C)c1ccc(N/C(=C2\C(=O)Nc3ccc([N+](=O)[O-])cc32)c2ccccc2)cc1. The van der Waals surface area contributed by atoms with E-state index in [0.717, 1.165) is 0 Å². The van der Waals surface area contributed by atoms with Crippen LogP contribution in [0.15, 0.2) is 72.8 Å². The van der Waals surface area contributed by atoms with Gasteiger partial charge in [-0.2, -0.15) is 0 Å². The Bertz CT molecular complexity index is 1380. The molecule has 36 heavy (non-hydrogen) atoms. The molecule has 10 heteroatoms. The fourth-order valence-corrected chi connectivity index (χ4v) is 3.78. The molecule has 0 radical (unpaired) electrons. The quantitative estimate of drug-likeness (QED) is 0.266. The highest BCUT2D eigenvalue weighted by atomic mass is 16.6. The van der Waals surface area contributed by atoms with Gasteiger partial charge in [-0.3, -0.25) is 24.5 Å². The molecule has 3 N–H and O–H groups in total. The van der Waals surface area contributed by atoms with Gasteiger partial charge in [-0.1, -0.05) is 30.3 Å². The van der Waals surface area contributed by atoms with E-state index in [9.17, 15) is 24.5 Å². The molecule has 3 amide bonds. The Morgan fingerprint density at radius 3 is 2.36 bits per heavy atom. The number of nitrogens with one attached hydrogen (secondary N) is 3. The zero-order valence-electron chi connectivity index (χ0n) is 19.6. The van der Waals surface area contributed by atoms with E-state index in [1.54, 1.807) is 31.3 Å². The number of hydrogen-bond acceptors (Lipinski definition) is 6. The Morgan fingerprint density at radius 1 is 1.03 bits per heavy atom. The number of nitro groups is 1. The molecular formula is C26H23N5O5. The molecule has 0 saturated heterocycles. The highest BCUT2D eigenvalue weighted by Gasteiger charge is 2.30. The van der Waals surface area contributed by atoms with Crippen LogP contribution < -0.4 is 20.9 Å². The number of nitrogens with zero attached hydrogens (tertiary/aromatic N) is 2. The predicted molar refractivity (Wildman–Crippen MR) is 137 cm³/mol. The maximum absolute atomic E-state index is 13.0. The number of rotatable bonds is 7. The highest BCUT2D eigenvalue weighted by Crippen LogP contribution is 2.39. The first-order chi connectivity index (χ1) is 17.2. The Kier molecular flexibility index (Phi) is 6.77. The summed E-state index contributed by atoms with van der Waals surface area (Å²) in [7, 11) is 1.61. The summed E-state index contributed by atoms with van der Waals surface area (Å²) < 4.78 is 0. The first-order valence-electron chi connectivity index (χ1n) is 11.0. The first-order valence-corrected chi connectivity index (χ1v) is 11.0. The zero-order chi connectivity index (χ0) is 25.8. The number of carbonyl (C=O) groups excluding carboxylic acids is 3. The molecule has 0 saturated carbocycles. The zero-order valence-corrected chi connectivity index (χ0v) is 19.6. The molecule has 0 bridgehead atoms. The normalized spacial score (nSPS) is 13.3. The van der Waals surface area contributed by atoms with Gasteiger partial charge in [-0.15, -0.1) is 0 Å². The number of hydrogen-bond donors (Lipinski definition) is 3. The molecule has 182 valence electrons. The largest absolute Gasteiger partial charge is 0.354 e. The van der Waals surface area contributed by atoms with Gasteiger partial charge in [0.05, 0.1) is 22.7 Å². The molecular weight excluding hydrogens is 462 g/mol. The Labute approximate surface area is 206 Å². The summed E-state index contributed by atoms with van der Waals surface area (Å²) in [6, 6.07) is 20.4. The van der Waals surface area contributed by atoms with E-state index >= 15 is 0 Å². The van der Waals surface area contributed by atoms with Crippen molar-refractivity contribution in [3.63, 3.8) is 0 Å². The van der Waals surface area contributed by atoms with Crippen LogP contribution in [0.1, 0.15) is 18.1 Å². The van der Waals surface area contributed by atoms with E-state index in [1.165, 1.54) is 30.0 Å². The van der Waals surface area contributed by atoms with Crippen molar-refractivity contribution >= 4 is 51.7 Å². The fraction of sp³-hybridized carbons (Fsp3) is 0.115. The fourth-order valence-electron chi connectivity index (χ4n) is 3.78. The number of fused-ring (bicyclic) bond motifs is 1. The smallest absolute Gasteiger partial charge is 0.270 e. The minimum Gasteiger partial charge on any atom is -0.354 e. The summed E-state index contributed by atoms with van der Waals surface area (Å²) in [6.07, 6.45) is 0. The van der Waals surface area contributed by atoms with Crippen LogP contribution in [-0.4, -0.2) is 36.2 Å². The van der Waals surface area contributed by atoms with Gasteiger partial charge in [0, 0.05) is 48.7 Å². The van der Waals surface area contributed by atoms with Crippen molar-refractivity contribution in [1.82, 2.24) is 5.32 Å². The van der Waals surface area contributed by atoms with Gasteiger partial charge >= 0.3 is 0 Å². The predicted octanol–water partition coefficient (Wildman–Crippen LogP) is 3.63. The molecule has 0 atom stereocenters. The van der Waals surface area contributed by atoms with Crippen LogP contribution in [0.4, 0.5) is 22.7 Å². The maximum Gasteiger partial charge on any atom is 0.270 e. The average molecular weight is 486 g/mol. The second-order valence-electron chi connectivity index (χ2n) is 8.09. The molecule has 0 fully saturated rings. The molecule has 0 aliphatic carbocycles. The van der Waals surface area contributed by atoms with Gasteiger partial charge in [0.2, 0.25) is 11.8 Å². The van der Waals surface area contributed by atoms with Crippen LogP contribution in [0, 0.1) is 10.1 Å². The van der Waals surface area contributed by atoms with Crippen molar-refractivity contribution in [3.8, 4) is 0 Å². The van der Waals surface area contributed by atoms with E-state index in [4.69, 9.17) is 0 Å². The lowest BCUT2D eigenvalue weighted by atomic mass is 9.99. The second kappa shape index (κ2) is 10.1. The maximum atomic E-state index is 13.0. The van der Waals surface area contributed by atoms with Gasteiger partial charge in [0.25, 0.3) is 11.6 Å². The minimum absolute atomic E-state index is 0.114. The molecule has 1 heterocycles. The van der Waals surface area contributed by atoms with E-state index in [-0.39, 0.29) is 35.5 Å². The molecule has 1 aliphatic rings. The number of carbonyl (C=O) groups is 3. The summed E-state index contributed by atoms with van der Waals surface area (Å²) in [5.41, 5.74) is 3.54. The van der Waals surface area contributed by atoms with E-state index in [0.29, 0.717) is 33.9 Å². The van der Waals surface area contributed by atoms with Gasteiger partial charge in [-0.05, 0) is 35.9 Å². The summed E-state index contributed by atoms with van der Waals surface area (Å²) >= 11 is 0. The summed E-state index contributed by atoms with van der Waals surface area (Å²) in [4.78, 5) is 48.6. The third-order valence-corrected chi connectivity index (χ3v) is 5.66. The lowest BCUT2D eigenvalue weighted by Crippen LogP contribution is -2.37. The van der Waals surface area contributed by atoms with Crippen LogP contribution in [0.25, 0.3) is 11.3 Å². The molecule has 0 aromatic heterocycles. The monoisotopic (exact) mass is 485 g/mol. The van der Waals surface area contributed by atoms with Crippen LogP contribution in [0.3, 0.4) is 0 Å². The lowest BCUT2D eigenvalue weighted by molar-refractivity contribution is -0.384. The van der Waals surface area contributed by atoms with Gasteiger partial charge < -0.3 is 20.9 Å². The van der Waals surface area contributed by atoms with Crippen molar-refractivity contribution < 1.29 is 19.3 Å². The first kappa shape index (κ1) is 24.1. The molecule has 0 unspecified atom stereocenters. The van der Waals surface area contributed by atoms with Crippen LogP contribution in [0.5, 0.6) is 0 Å². The van der Waals surface area contributed by atoms with Crippen LogP contribution >= 0.6 is 0 Å². The van der Waals surface area contributed by atoms with Crippen molar-refractivity contribution in [3.05, 3.63) is 94.0 Å². The topological polar surface area (TPSA) is 134 Å².